The Labute approximate surface area is 292 Å². The Morgan fingerprint density at radius 3 is 1.20 bits per heavy atom. The maximum atomic E-state index is 2.36. The normalized spacial score (nSPS) is 11.2. The van der Waals surface area contributed by atoms with E-state index in [0.29, 0.717) is 0 Å². The van der Waals surface area contributed by atoms with E-state index < -0.39 is 0 Å². The molecule has 1 heterocycles. The van der Waals surface area contributed by atoms with Crippen LogP contribution in [0.1, 0.15) is 0 Å². The van der Waals surface area contributed by atoms with Crippen LogP contribution in [0.3, 0.4) is 0 Å². The van der Waals surface area contributed by atoms with Gasteiger partial charge in [0.05, 0.1) is 11.0 Å². The highest BCUT2D eigenvalue weighted by molar-refractivity contribution is 6.09. The van der Waals surface area contributed by atoms with E-state index in [9.17, 15) is 0 Å². The first-order chi connectivity index (χ1) is 24.8. The van der Waals surface area contributed by atoms with E-state index in [1.807, 2.05) is 0 Å². The SMILES string of the molecule is c1ccc(-c2ccc(N(c3ccc(-c4ccc(-n5c6ccccc6c6ccccc65)cc4)cc3)c3cccc(-c4ccccc4)c3)cc2)cc1. The molecule has 2 nitrogen and oxygen atoms in total. The minimum Gasteiger partial charge on any atom is -0.310 e. The van der Waals surface area contributed by atoms with Crippen molar-refractivity contribution >= 4 is 38.9 Å². The number of benzene rings is 8. The van der Waals surface area contributed by atoms with Crippen molar-refractivity contribution in [2.75, 3.05) is 4.90 Å². The van der Waals surface area contributed by atoms with Gasteiger partial charge in [-0.05, 0) is 94.0 Å². The Bertz CT molecular complexity index is 2490. The molecule has 0 saturated carbocycles. The lowest BCUT2D eigenvalue weighted by Crippen LogP contribution is -2.10. The molecule has 0 bridgehead atoms. The van der Waals surface area contributed by atoms with Gasteiger partial charge in [0.2, 0.25) is 0 Å². The van der Waals surface area contributed by atoms with E-state index in [-0.39, 0.29) is 0 Å². The van der Waals surface area contributed by atoms with Gasteiger partial charge >= 0.3 is 0 Å². The fraction of sp³-hybridized carbons (Fsp3) is 0. The van der Waals surface area contributed by atoms with Crippen molar-refractivity contribution in [2.45, 2.75) is 0 Å². The van der Waals surface area contributed by atoms with Crippen molar-refractivity contribution in [1.29, 1.82) is 0 Å². The molecule has 50 heavy (non-hydrogen) atoms. The molecular formula is C48H34N2. The molecule has 0 aliphatic carbocycles. The number of hydrogen-bond acceptors (Lipinski definition) is 1. The first-order valence-electron chi connectivity index (χ1n) is 17.1. The average molecular weight is 639 g/mol. The van der Waals surface area contributed by atoms with Crippen molar-refractivity contribution in [1.82, 2.24) is 4.57 Å². The van der Waals surface area contributed by atoms with Crippen LogP contribution in [0.2, 0.25) is 0 Å². The number of fused-ring (bicyclic) bond motifs is 3. The number of nitrogens with zero attached hydrogens (tertiary/aromatic N) is 2. The van der Waals surface area contributed by atoms with Gasteiger partial charge in [0.15, 0.2) is 0 Å². The van der Waals surface area contributed by atoms with E-state index in [0.717, 1.165) is 22.7 Å². The van der Waals surface area contributed by atoms with Gasteiger partial charge in [-0.2, -0.15) is 0 Å². The van der Waals surface area contributed by atoms with Crippen molar-refractivity contribution in [3.05, 3.63) is 206 Å². The minimum absolute atomic E-state index is 1.10. The molecule has 1 aromatic heterocycles. The molecule has 0 aliphatic rings. The summed E-state index contributed by atoms with van der Waals surface area (Å²) in [5.41, 5.74) is 14.1. The smallest absolute Gasteiger partial charge is 0.0541 e. The maximum absolute atomic E-state index is 2.36. The monoisotopic (exact) mass is 638 g/mol. The van der Waals surface area contributed by atoms with Crippen LogP contribution in [0, 0.1) is 0 Å². The molecule has 0 aliphatic heterocycles. The standard InChI is InChI=1S/C48H34N2/c1-3-12-35(13-4-1)37-22-28-41(29-23-37)49(44-17-11-16-40(34-44)36-14-5-2-6-15-36)42-30-24-38(25-31-42)39-26-32-43(33-27-39)50-47-20-9-7-18-45(47)46-19-8-10-21-48(46)50/h1-34H. The van der Waals surface area contributed by atoms with Gasteiger partial charge in [0, 0.05) is 33.5 Å². The van der Waals surface area contributed by atoms with E-state index in [4.69, 9.17) is 0 Å². The summed E-state index contributed by atoms with van der Waals surface area (Å²) >= 11 is 0. The van der Waals surface area contributed by atoms with Crippen LogP contribution >= 0.6 is 0 Å². The van der Waals surface area contributed by atoms with Crippen LogP contribution < -0.4 is 4.90 Å². The molecule has 236 valence electrons. The second-order valence-electron chi connectivity index (χ2n) is 12.6. The van der Waals surface area contributed by atoms with Crippen molar-refractivity contribution in [2.24, 2.45) is 0 Å². The third kappa shape index (κ3) is 5.43. The summed E-state index contributed by atoms with van der Waals surface area (Å²) in [5.74, 6) is 0. The van der Waals surface area contributed by atoms with Crippen molar-refractivity contribution < 1.29 is 0 Å². The van der Waals surface area contributed by atoms with Crippen molar-refractivity contribution in [3.8, 4) is 39.1 Å². The molecule has 0 unspecified atom stereocenters. The van der Waals surface area contributed by atoms with Crippen LogP contribution in [0.5, 0.6) is 0 Å². The number of hydrogen-bond donors (Lipinski definition) is 0. The molecule has 8 aromatic carbocycles. The van der Waals surface area contributed by atoms with Gasteiger partial charge in [0.25, 0.3) is 0 Å². The number of anilines is 3. The highest BCUT2D eigenvalue weighted by atomic mass is 15.1. The summed E-state index contributed by atoms with van der Waals surface area (Å²) in [6.07, 6.45) is 0. The molecule has 0 saturated heterocycles. The predicted molar refractivity (Wildman–Crippen MR) is 212 cm³/mol. The first-order valence-corrected chi connectivity index (χ1v) is 17.1. The van der Waals surface area contributed by atoms with Gasteiger partial charge in [-0.1, -0.05) is 146 Å². The van der Waals surface area contributed by atoms with Crippen molar-refractivity contribution in [3.63, 3.8) is 0 Å². The van der Waals surface area contributed by atoms with Crippen LogP contribution in [-0.2, 0) is 0 Å². The fourth-order valence-corrected chi connectivity index (χ4v) is 7.14. The summed E-state index contributed by atoms with van der Waals surface area (Å²) in [5, 5.41) is 2.55. The van der Waals surface area contributed by atoms with Crippen LogP contribution in [0.4, 0.5) is 17.1 Å². The first kappa shape index (κ1) is 29.5. The highest BCUT2D eigenvalue weighted by Crippen LogP contribution is 2.39. The summed E-state index contributed by atoms with van der Waals surface area (Å²) in [6.45, 7) is 0. The topological polar surface area (TPSA) is 8.17 Å². The Morgan fingerprint density at radius 2 is 0.680 bits per heavy atom. The van der Waals surface area contributed by atoms with E-state index in [1.54, 1.807) is 0 Å². The van der Waals surface area contributed by atoms with Gasteiger partial charge in [0.1, 0.15) is 0 Å². The van der Waals surface area contributed by atoms with E-state index in [1.165, 1.54) is 55.2 Å². The number of aromatic nitrogens is 1. The molecule has 0 atom stereocenters. The van der Waals surface area contributed by atoms with Gasteiger partial charge in [-0.3, -0.25) is 0 Å². The molecule has 0 fully saturated rings. The fourth-order valence-electron chi connectivity index (χ4n) is 7.14. The Balaban J connectivity index is 1.07. The third-order valence-corrected chi connectivity index (χ3v) is 9.61. The van der Waals surface area contributed by atoms with Crippen LogP contribution in [0.25, 0.3) is 60.9 Å². The van der Waals surface area contributed by atoms with E-state index >= 15 is 0 Å². The Kier molecular flexibility index (Phi) is 7.53. The Hall–Kier alpha value is -6.64. The average Bonchev–Trinajstić information content (AvgIpc) is 3.54. The van der Waals surface area contributed by atoms with Crippen LogP contribution in [0.15, 0.2) is 206 Å². The van der Waals surface area contributed by atoms with E-state index in [2.05, 4.69) is 216 Å². The minimum atomic E-state index is 1.10. The zero-order chi connectivity index (χ0) is 33.3. The largest absolute Gasteiger partial charge is 0.310 e. The van der Waals surface area contributed by atoms with Gasteiger partial charge < -0.3 is 9.47 Å². The summed E-state index contributed by atoms with van der Waals surface area (Å²) in [6, 6.07) is 74.0. The second-order valence-corrected chi connectivity index (χ2v) is 12.6. The highest BCUT2D eigenvalue weighted by Gasteiger charge is 2.15. The molecule has 9 aromatic rings. The summed E-state index contributed by atoms with van der Waals surface area (Å²) in [4.78, 5) is 2.34. The lowest BCUT2D eigenvalue weighted by molar-refractivity contribution is 1.18. The summed E-state index contributed by atoms with van der Waals surface area (Å²) in [7, 11) is 0. The summed E-state index contributed by atoms with van der Waals surface area (Å²) < 4.78 is 2.36. The molecule has 9 rings (SSSR count). The predicted octanol–water partition coefficient (Wildman–Crippen LogP) is 13.3. The maximum Gasteiger partial charge on any atom is 0.0541 e. The van der Waals surface area contributed by atoms with Gasteiger partial charge in [-0.15, -0.1) is 0 Å². The molecule has 0 N–H and O–H groups in total. The second kappa shape index (κ2) is 12.8. The lowest BCUT2D eigenvalue weighted by atomic mass is 10.0. The zero-order valence-corrected chi connectivity index (χ0v) is 27.5. The molecule has 0 spiro atoms. The lowest BCUT2D eigenvalue weighted by Gasteiger charge is -2.26. The number of para-hydroxylation sites is 2. The third-order valence-electron chi connectivity index (χ3n) is 9.61. The quantitative estimate of drug-likeness (QED) is 0.169. The molecular weight excluding hydrogens is 605 g/mol. The van der Waals surface area contributed by atoms with Gasteiger partial charge in [-0.25, -0.2) is 0 Å². The Morgan fingerprint density at radius 1 is 0.280 bits per heavy atom. The number of rotatable bonds is 7. The molecule has 0 amide bonds. The van der Waals surface area contributed by atoms with Crippen LogP contribution in [-0.4, -0.2) is 4.57 Å². The molecule has 0 radical (unpaired) electrons. The zero-order valence-electron chi connectivity index (χ0n) is 27.5. The molecule has 2 heteroatoms.